The standard InChI is InChI=1S/C13H18N2O/c1-11(16)12-6-4-8-15(12)9-5-7-13(2,3)10-14/h4,6,8H,5,7,9H2,1-3H3. The van der Waals surface area contributed by atoms with Gasteiger partial charge in [-0.15, -0.1) is 0 Å². The summed E-state index contributed by atoms with van der Waals surface area (Å²) in [5, 5.41) is 8.88. The molecule has 86 valence electrons. The number of Topliss-reactive ketones (excluding diaryl/α,β-unsaturated/α-hetero) is 1. The van der Waals surface area contributed by atoms with Crippen LogP contribution in [-0.4, -0.2) is 10.4 Å². The second kappa shape index (κ2) is 4.98. The largest absolute Gasteiger partial charge is 0.345 e. The first-order chi connectivity index (χ1) is 7.46. The van der Waals surface area contributed by atoms with Crippen molar-refractivity contribution in [3.63, 3.8) is 0 Å². The second-order valence-corrected chi connectivity index (χ2v) is 4.74. The lowest BCUT2D eigenvalue weighted by molar-refractivity contribution is 0.100. The van der Waals surface area contributed by atoms with Gasteiger partial charge in [0.05, 0.1) is 17.2 Å². The van der Waals surface area contributed by atoms with Crippen molar-refractivity contribution in [3.8, 4) is 6.07 Å². The second-order valence-electron chi connectivity index (χ2n) is 4.74. The van der Waals surface area contributed by atoms with E-state index in [0.717, 1.165) is 25.1 Å². The molecular formula is C13H18N2O. The van der Waals surface area contributed by atoms with Crippen LogP contribution in [0.4, 0.5) is 0 Å². The van der Waals surface area contributed by atoms with Crippen LogP contribution in [0.3, 0.4) is 0 Å². The Hall–Kier alpha value is -1.56. The zero-order valence-corrected chi connectivity index (χ0v) is 10.2. The lowest BCUT2D eigenvalue weighted by atomic mass is 9.90. The Bertz CT molecular complexity index is 410. The lowest BCUT2D eigenvalue weighted by Crippen LogP contribution is -2.11. The molecule has 0 aliphatic rings. The zero-order chi connectivity index (χ0) is 12.2. The van der Waals surface area contributed by atoms with E-state index in [1.54, 1.807) is 6.92 Å². The van der Waals surface area contributed by atoms with Gasteiger partial charge in [-0.3, -0.25) is 4.79 Å². The van der Waals surface area contributed by atoms with E-state index in [0.29, 0.717) is 0 Å². The smallest absolute Gasteiger partial charge is 0.176 e. The van der Waals surface area contributed by atoms with Gasteiger partial charge in [-0.1, -0.05) is 0 Å². The van der Waals surface area contributed by atoms with E-state index in [9.17, 15) is 4.79 Å². The van der Waals surface area contributed by atoms with Crippen molar-refractivity contribution in [1.82, 2.24) is 4.57 Å². The molecule has 0 spiro atoms. The minimum absolute atomic E-state index is 0.0875. The highest BCUT2D eigenvalue weighted by Gasteiger charge is 2.16. The average molecular weight is 218 g/mol. The van der Waals surface area contributed by atoms with Gasteiger partial charge in [-0.2, -0.15) is 5.26 Å². The van der Waals surface area contributed by atoms with E-state index >= 15 is 0 Å². The van der Waals surface area contributed by atoms with Crippen LogP contribution in [-0.2, 0) is 6.54 Å². The first kappa shape index (κ1) is 12.5. The van der Waals surface area contributed by atoms with Crippen molar-refractivity contribution >= 4 is 5.78 Å². The van der Waals surface area contributed by atoms with Crippen molar-refractivity contribution in [2.75, 3.05) is 0 Å². The minimum atomic E-state index is -0.274. The van der Waals surface area contributed by atoms with Crippen LogP contribution < -0.4 is 0 Å². The number of aryl methyl sites for hydroxylation is 1. The first-order valence-corrected chi connectivity index (χ1v) is 5.53. The normalized spacial score (nSPS) is 11.1. The number of rotatable bonds is 5. The van der Waals surface area contributed by atoms with E-state index in [1.165, 1.54) is 0 Å². The lowest BCUT2D eigenvalue weighted by Gasteiger charge is -2.15. The van der Waals surface area contributed by atoms with E-state index in [1.807, 2.05) is 36.7 Å². The van der Waals surface area contributed by atoms with Gasteiger partial charge < -0.3 is 4.57 Å². The molecule has 3 heteroatoms. The predicted octanol–water partition coefficient (Wildman–Crippen LogP) is 3.02. The summed E-state index contributed by atoms with van der Waals surface area (Å²) in [7, 11) is 0. The van der Waals surface area contributed by atoms with E-state index < -0.39 is 0 Å². The maximum absolute atomic E-state index is 11.3. The summed E-state index contributed by atoms with van der Waals surface area (Å²) in [6.07, 6.45) is 3.67. The monoisotopic (exact) mass is 218 g/mol. The summed E-state index contributed by atoms with van der Waals surface area (Å²) < 4.78 is 1.95. The number of carbonyl (C=O) groups excluding carboxylic acids is 1. The van der Waals surface area contributed by atoms with Crippen molar-refractivity contribution in [3.05, 3.63) is 24.0 Å². The van der Waals surface area contributed by atoms with E-state index in [2.05, 4.69) is 6.07 Å². The van der Waals surface area contributed by atoms with Gasteiger partial charge in [0.15, 0.2) is 5.78 Å². The van der Waals surface area contributed by atoms with Crippen LogP contribution in [0.1, 0.15) is 44.1 Å². The van der Waals surface area contributed by atoms with Gasteiger partial charge in [-0.25, -0.2) is 0 Å². The maximum Gasteiger partial charge on any atom is 0.176 e. The SMILES string of the molecule is CC(=O)c1cccn1CCCC(C)(C)C#N. The number of nitrogens with zero attached hydrogens (tertiary/aromatic N) is 2. The highest BCUT2D eigenvalue weighted by molar-refractivity contribution is 5.92. The zero-order valence-electron chi connectivity index (χ0n) is 10.2. The third-order valence-electron chi connectivity index (χ3n) is 2.69. The van der Waals surface area contributed by atoms with Gasteiger partial charge in [0.25, 0.3) is 0 Å². The summed E-state index contributed by atoms with van der Waals surface area (Å²) in [5.41, 5.74) is 0.471. The molecule has 0 fully saturated rings. The van der Waals surface area contributed by atoms with Gasteiger partial charge >= 0.3 is 0 Å². The van der Waals surface area contributed by atoms with Gasteiger partial charge in [0.1, 0.15) is 0 Å². The van der Waals surface area contributed by atoms with Crippen molar-refractivity contribution in [1.29, 1.82) is 5.26 Å². The minimum Gasteiger partial charge on any atom is -0.345 e. The molecule has 16 heavy (non-hydrogen) atoms. The third kappa shape index (κ3) is 3.23. The fourth-order valence-corrected chi connectivity index (χ4v) is 1.68. The molecule has 1 heterocycles. The van der Waals surface area contributed by atoms with Crippen molar-refractivity contribution in [2.45, 2.75) is 40.2 Å². The van der Waals surface area contributed by atoms with E-state index in [4.69, 9.17) is 5.26 Å². The van der Waals surface area contributed by atoms with Crippen molar-refractivity contribution in [2.24, 2.45) is 5.41 Å². The summed E-state index contributed by atoms with van der Waals surface area (Å²) in [6.45, 7) is 6.25. The number of ketones is 1. The summed E-state index contributed by atoms with van der Waals surface area (Å²) in [6, 6.07) is 5.99. The fraction of sp³-hybridized carbons (Fsp3) is 0.538. The molecule has 0 saturated carbocycles. The van der Waals surface area contributed by atoms with E-state index in [-0.39, 0.29) is 11.2 Å². The van der Waals surface area contributed by atoms with Crippen LogP contribution in [0.25, 0.3) is 0 Å². The summed E-state index contributed by atoms with van der Waals surface area (Å²) in [5.74, 6) is 0.0875. The molecule has 1 rings (SSSR count). The Morgan fingerprint density at radius 2 is 2.25 bits per heavy atom. The molecule has 0 atom stereocenters. The van der Waals surface area contributed by atoms with Crippen molar-refractivity contribution < 1.29 is 4.79 Å². The number of hydrogen-bond donors (Lipinski definition) is 0. The van der Waals surface area contributed by atoms with Crippen LogP contribution in [0.5, 0.6) is 0 Å². The molecule has 3 nitrogen and oxygen atoms in total. The Labute approximate surface area is 96.7 Å². The molecular weight excluding hydrogens is 200 g/mol. The Kier molecular flexibility index (Phi) is 3.89. The highest BCUT2D eigenvalue weighted by atomic mass is 16.1. The molecule has 0 unspecified atom stereocenters. The highest BCUT2D eigenvalue weighted by Crippen LogP contribution is 2.21. The quantitative estimate of drug-likeness (QED) is 0.713. The molecule has 0 N–H and O–H groups in total. The molecule has 1 aromatic rings. The molecule has 1 aromatic heterocycles. The molecule has 0 amide bonds. The topological polar surface area (TPSA) is 45.8 Å². The maximum atomic E-state index is 11.3. The molecule has 0 aromatic carbocycles. The predicted molar refractivity (Wildman–Crippen MR) is 63.1 cm³/mol. The van der Waals surface area contributed by atoms with Crippen LogP contribution >= 0.6 is 0 Å². The van der Waals surface area contributed by atoms with Gasteiger partial charge in [0, 0.05) is 19.7 Å². The fourth-order valence-electron chi connectivity index (χ4n) is 1.68. The Balaban J connectivity index is 2.53. The van der Waals surface area contributed by atoms with Crippen LogP contribution in [0.15, 0.2) is 18.3 Å². The average Bonchev–Trinajstić information content (AvgIpc) is 2.66. The number of aromatic nitrogens is 1. The molecule has 0 aliphatic carbocycles. The van der Waals surface area contributed by atoms with Crippen LogP contribution in [0.2, 0.25) is 0 Å². The third-order valence-corrected chi connectivity index (χ3v) is 2.69. The Morgan fingerprint density at radius 1 is 1.56 bits per heavy atom. The van der Waals surface area contributed by atoms with Gasteiger partial charge in [0.2, 0.25) is 0 Å². The molecule has 0 saturated heterocycles. The number of hydrogen-bond acceptors (Lipinski definition) is 2. The van der Waals surface area contributed by atoms with Gasteiger partial charge in [-0.05, 0) is 38.8 Å². The molecule has 0 radical (unpaired) electrons. The Morgan fingerprint density at radius 3 is 2.81 bits per heavy atom. The first-order valence-electron chi connectivity index (χ1n) is 5.53. The number of carbonyl (C=O) groups is 1. The number of nitriles is 1. The van der Waals surface area contributed by atoms with Crippen LogP contribution in [0, 0.1) is 16.7 Å². The molecule has 0 aliphatic heterocycles. The molecule has 0 bridgehead atoms. The summed E-state index contributed by atoms with van der Waals surface area (Å²) >= 11 is 0. The summed E-state index contributed by atoms with van der Waals surface area (Å²) in [4.78, 5) is 11.3.